The molecule has 1 saturated carbocycles. The Morgan fingerprint density at radius 1 is 1.12 bits per heavy atom. The van der Waals surface area contributed by atoms with E-state index in [0.29, 0.717) is 22.0 Å². The average Bonchev–Trinajstić information content (AvgIpc) is 3.52. The number of benzene rings is 2. The molecule has 2 amide bonds. The van der Waals surface area contributed by atoms with E-state index in [1.165, 1.54) is 11.3 Å². The molecule has 0 aliphatic heterocycles. The lowest BCUT2D eigenvalue weighted by atomic mass is 10.0. The van der Waals surface area contributed by atoms with Crippen LogP contribution in [0.15, 0.2) is 66.0 Å². The lowest BCUT2D eigenvalue weighted by molar-refractivity contribution is -0.127. The third kappa shape index (κ3) is 5.75. The maximum absolute atomic E-state index is 13.7. The molecule has 0 bridgehead atoms. The quantitative estimate of drug-likeness (QED) is 0.442. The van der Waals surface area contributed by atoms with Crippen LogP contribution in [0.1, 0.15) is 42.2 Å². The minimum atomic E-state index is -0.839. The molecule has 33 heavy (non-hydrogen) atoms. The zero-order valence-corrected chi connectivity index (χ0v) is 20.1. The highest BCUT2D eigenvalue weighted by Crippen LogP contribution is 2.32. The molecule has 2 aromatic carbocycles. The minimum absolute atomic E-state index is 0.130. The van der Waals surface area contributed by atoms with Gasteiger partial charge in [-0.2, -0.15) is 0 Å². The van der Waals surface area contributed by atoms with Gasteiger partial charge in [0.1, 0.15) is 11.8 Å². The molecule has 7 heteroatoms. The first-order valence-corrected chi connectivity index (χ1v) is 12.4. The molecule has 1 N–H and O–H groups in total. The largest absolute Gasteiger partial charge is 0.497 e. The van der Waals surface area contributed by atoms with Gasteiger partial charge >= 0.3 is 0 Å². The SMILES string of the molecule is COc1cccc([C@@H](C(=O)NC2CCCC2)N(C(=O)Cc2cccs2)c2ccc(Cl)cc2)c1. The van der Waals surface area contributed by atoms with Gasteiger partial charge in [0.25, 0.3) is 0 Å². The van der Waals surface area contributed by atoms with E-state index in [1.54, 1.807) is 36.3 Å². The van der Waals surface area contributed by atoms with Crippen molar-refractivity contribution in [3.05, 3.63) is 81.5 Å². The highest BCUT2D eigenvalue weighted by atomic mass is 35.5. The Balaban J connectivity index is 1.77. The van der Waals surface area contributed by atoms with Gasteiger partial charge in [-0.3, -0.25) is 14.5 Å². The number of nitrogens with one attached hydrogen (secondary N) is 1. The van der Waals surface area contributed by atoms with Crippen molar-refractivity contribution in [1.82, 2.24) is 5.32 Å². The first-order valence-electron chi connectivity index (χ1n) is 11.1. The van der Waals surface area contributed by atoms with Crippen LogP contribution in [0.5, 0.6) is 5.75 Å². The van der Waals surface area contributed by atoms with Gasteiger partial charge in [-0.1, -0.05) is 42.6 Å². The maximum atomic E-state index is 13.7. The molecule has 1 aliphatic rings. The van der Waals surface area contributed by atoms with Crippen molar-refractivity contribution in [2.75, 3.05) is 12.0 Å². The number of amides is 2. The monoisotopic (exact) mass is 482 g/mol. The van der Waals surface area contributed by atoms with Gasteiger partial charge in [-0.15, -0.1) is 11.3 Å². The molecule has 1 fully saturated rings. The van der Waals surface area contributed by atoms with Gasteiger partial charge in [-0.05, 0) is 66.2 Å². The Morgan fingerprint density at radius 3 is 2.55 bits per heavy atom. The molecule has 1 atom stereocenters. The second-order valence-electron chi connectivity index (χ2n) is 8.17. The van der Waals surface area contributed by atoms with Crippen LogP contribution in [0.4, 0.5) is 5.69 Å². The number of thiophene rings is 1. The Morgan fingerprint density at radius 2 is 1.88 bits per heavy atom. The summed E-state index contributed by atoms with van der Waals surface area (Å²) in [5, 5.41) is 5.71. The van der Waals surface area contributed by atoms with Gasteiger partial charge in [-0.25, -0.2) is 0 Å². The van der Waals surface area contributed by atoms with Crippen LogP contribution in [0.3, 0.4) is 0 Å². The van der Waals surface area contributed by atoms with E-state index < -0.39 is 6.04 Å². The van der Waals surface area contributed by atoms with Crippen LogP contribution in [0.2, 0.25) is 5.02 Å². The van der Waals surface area contributed by atoms with Crippen molar-refractivity contribution >= 4 is 40.4 Å². The topological polar surface area (TPSA) is 58.6 Å². The van der Waals surface area contributed by atoms with Crippen LogP contribution in [0.25, 0.3) is 0 Å². The summed E-state index contributed by atoms with van der Waals surface area (Å²) >= 11 is 7.65. The summed E-state index contributed by atoms with van der Waals surface area (Å²) in [5.41, 5.74) is 1.31. The Bertz CT molecular complexity index is 1080. The fraction of sp³-hybridized carbons (Fsp3) is 0.308. The maximum Gasteiger partial charge on any atom is 0.248 e. The van der Waals surface area contributed by atoms with Crippen molar-refractivity contribution in [1.29, 1.82) is 0 Å². The molecule has 3 aromatic rings. The number of halogens is 1. The van der Waals surface area contributed by atoms with Gasteiger partial charge < -0.3 is 10.1 Å². The zero-order valence-electron chi connectivity index (χ0n) is 18.5. The average molecular weight is 483 g/mol. The van der Waals surface area contributed by atoms with Crippen molar-refractivity contribution in [3.63, 3.8) is 0 Å². The molecule has 0 radical (unpaired) electrons. The van der Waals surface area contributed by atoms with Crippen LogP contribution in [-0.4, -0.2) is 25.0 Å². The number of methoxy groups -OCH3 is 1. The first-order chi connectivity index (χ1) is 16.0. The summed E-state index contributed by atoms with van der Waals surface area (Å²) in [6.45, 7) is 0. The zero-order chi connectivity index (χ0) is 23.2. The molecule has 0 saturated heterocycles. The van der Waals surface area contributed by atoms with E-state index in [-0.39, 0.29) is 24.3 Å². The number of rotatable bonds is 8. The third-order valence-electron chi connectivity index (χ3n) is 5.90. The van der Waals surface area contributed by atoms with Crippen LogP contribution >= 0.6 is 22.9 Å². The summed E-state index contributed by atoms with van der Waals surface area (Å²) in [6.07, 6.45) is 4.33. The first kappa shape index (κ1) is 23.3. The van der Waals surface area contributed by atoms with Crippen molar-refractivity contribution in [3.8, 4) is 5.75 Å². The summed E-state index contributed by atoms with van der Waals surface area (Å²) < 4.78 is 5.41. The molecule has 1 heterocycles. The van der Waals surface area contributed by atoms with Crippen LogP contribution in [-0.2, 0) is 16.0 Å². The highest BCUT2D eigenvalue weighted by molar-refractivity contribution is 7.10. The summed E-state index contributed by atoms with van der Waals surface area (Å²) in [4.78, 5) is 30.0. The molecular formula is C26H27ClN2O3S. The number of hydrogen-bond acceptors (Lipinski definition) is 4. The van der Waals surface area contributed by atoms with Gasteiger partial charge in [0, 0.05) is 21.6 Å². The smallest absolute Gasteiger partial charge is 0.248 e. The van der Waals surface area contributed by atoms with E-state index in [1.807, 2.05) is 41.8 Å². The van der Waals surface area contributed by atoms with E-state index in [9.17, 15) is 9.59 Å². The fourth-order valence-corrected chi connectivity index (χ4v) is 5.09. The van der Waals surface area contributed by atoms with E-state index in [0.717, 1.165) is 30.6 Å². The van der Waals surface area contributed by atoms with Crippen LogP contribution < -0.4 is 15.0 Å². The van der Waals surface area contributed by atoms with E-state index in [2.05, 4.69) is 5.32 Å². The number of carbonyl (C=O) groups is 2. The molecule has 1 aromatic heterocycles. The number of hydrogen-bond donors (Lipinski definition) is 1. The Kier molecular flexibility index (Phi) is 7.68. The lowest BCUT2D eigenvalue weighted by Crippen LogP contribution is -2.46. The lowest BCUT2D eigenvalue weighted by Gasteiger charge is -2.32. The standard InChI is InChI=1S/C26H27ClN2O3S/c1-32-22-9-4-6-18(16-22)25(26(31)28-20-7-2-3-8-20)29(21-13-11-19(27)12-14-21)24(30)17-23-10-5-15-33-23/h4-6,9-16,20,25H,2-3,7-8,17H2,1H3,(H,28,31)/t25-/m0/s1. The number of ether oxygens (including phenoxy) is 1. The summed E-state index contributed by atoms with van der Waals surface area (Å²) in [7, 11) is 1.59. The number of nitrogens with zero attached hydrogens (tertiary/aromatic N) is 1. The molecule has 0 spiro atoms. The molecule has 1 aliphatic carbocycles. The molecule has 5 nitrogen and oxygen atoms in total. The normalized spacial score (nSPS) is 14.6. The number of carbonyl (C=O) groups excluding carboxylic acids is 2. The van der Waals surface area contributed by atoms with Gasteiger partial charge in [0.2, 0.25) is 11.8 Å². The predicted molar refractivity (Wildman–Crippen MR) is 133 cm³/mol. The second kappa shape index (κ2) is 10.9. The van der Waals surface area contributed by atoms with Gasteiger partial charge in [0.15, 0.2) is 0 Å². The summed E-state index contributed by atoms with van der Waals surface area (Å²) in [5.74, 6) is 0.284. The summed E-state index contributed by atoms with van der Waals surface area (Å²) in [6, 6.07) is 17.5. The van der Waals surface area contributed by atoms with E-state index in [4.69, 9.17) is 16.3 Å². The van der Waals surface area contributed by atoms with Crippen molar-refractivity contribution in [2.24, 2.45) is 0 Å². The molecule has 0 unspecified atom stereocenters. The Labute approximate surface area is 203 Å². The predicted octanol–water partition coefficient (Wildman–Crippen LogP) is 5.79. The third-order valence-corrected chi connectivity index (χ3v) is 7.03. The Hall–Kier alpha value is -2.83. The van der Waals surface area contributed by atoms with Crippen LogP contribution in [0, 0.1) is 0 Å². The molecule has 172 valence electrons. The number of anilines is 1. The minimum Gasteiger partial charge on any atom is -0.497 e. The van der Waals surface area contributed by atoms with Gasteiger partial charge in [0.05, 0.1) is 13.5 Å². The second-order valence-corrected chi connectivity index (χ2v) is 9.63. The highest BCUT2D eigenvalue weighted by Gasteiger charge is 2.34. The van der Waals surface area contributed by atoms with Crippen molar-refractivity contribution in [2.45, 2.75) is 44.2 Å². The molecular weight excluding hydrogens is 456 g/mol. The molecule has 4 rings (SSSR count). The fourth-order valence-electron chi connectivity index (χ4n) is 4.27. The van der Waals surface area contributed by atoms with E-state index >= 15 is 0 Å². The van der Waals surface area contributed by atoms with Crippen molar-refractivity contribution < 1.29 is 14.3 Å².